The maximum atomic E-state index is 12.0. The third-order valence-electron chi connectivity index (χ3n) is 3.12. The molecule has 0 bridgehead atoms. The van der Waals surface area contributed by atoms with Crippen LogP contribution in [0.2, 0.25) is 0 Å². The number of nitrogens with one attached hydrogen (secondary N) is 1. The molecule has 21 heavy (non-hydrogen) atoms. The average Bonchev–Trinajstić information content (AvgIpc) is 2.51. The Morgan fingerprint density at radius 2 is 1.95 bits per heavy atom. The largest absolute Gasteiger partial charge is 0.493 e. The summed E-state index contributed by atoms with van der Waals surface area (Å²) in [5, 5.41) is 2.84. The highest BCUT2D eigenvalue weighted by Gasteiger charge is 2.15. The van der Waals surface area contributed by atoms with Crippen molar-refractivity contribution in [2.24, 2.45) is 0 Å². The molecule has 118 valence electrons. The van der Waals surface area contributed by atoms with E-state index in [0.29, 0.717) is 11.5 Å². The fourth-order valence-corrected chi connectivity index (χ4v) is 2.80. The average molecular weight is 311 g/mol. The molecule has 0 saturated heterocycles. The topological polar surface area (TPSA) is 47.6 Å². The Bertz CT molecular complexity index is 451. The molecule has 0 aliphatic heterocycles. The molecule has 1 unspecified atom stereocenters. The summed E-state index contributed by atoms with van der Waals surface area (Å²) in [6.07, 6.45) is 3.35. The van der Waals surface area contributed by atoms with Gasteiger partial charge in [-0.2, -0.15) is 0 Å². The van der Waals surface area contributed by atoms with Gasteiger partial charge in [-0.1, -0.05) is 19.8 Å². The zero-order valence-corrected chi connectivity index (χ0v) is 14.1. The molecular weight excluding hydrogens is 286 g/mol. The van der Waals surface area contributed by atoms with Crippen LogP contribution in [-0.4, -0.2) is 31.9 Å². The second-order valence-corrected chi connectivity index (χ2v) is 6.19. The lowest BCUT2D eigenvalue weighted by Gasteiger charge is -2.13. The number of ether oxygens (including phenoxy) is 2. The van der Waals surface area contributed by atoms with E-state index in [1.165, 1.54) is 11.8 Å². The molecule has 0 saturated carbocycles. The molecule has 0 heterocycles. The van der Waals surface area contributed by atoms with Crippen molar-refractivity contribution in [3.8, 4) is 11.5 Å². The lowest BCUT2D eigenvalue weighted by molar-refractivity contribution is -0.120. The van der Waals surface area contributed by atoms with Crippen molar-refractivity contribution in [2.75, 3.05) is 20.8 Å². The molecule has 1 atom stereocenters. The van der Waals surface area contributed by atoms with Gasteiger partial charge in [0, 0.05) is 11.4 Å². The van der Waals surface area contributed by atoms with Crippen LogP contribution in [0.1, 0.15) is 33.1 Å². The first kappa shape index (κ1) is 17.7. The van der Waals surface area contributed by atoms with E-state index < -0.39 is 0 Å². The van der Waals surface area contributed by atoms with Crippen molar-refractivity contribution >= 4 is 17.7 Å². The van der Waals surface area contributed by atoms with E-state index in [-0.39, 0.29) is 11.2 Å². The summed E-state index contributed by atoms with van der Waals surface area (Å²) in [6.45, 7) is 4.82. The van der Waals surface area contributed by atoms with Gasteiger partial charge in [-0.15, -0.1) is 11.8 Å². The van der Waals surface area contributed by atoms with Gasteiger partial charge in [0.25, 0.3) is 0 Å². The van der Waals surface area contributed by atoms with Crippen LogP contribution in [0, 0.1) is 0 Å². The number of amides is 1. The van der Waals surface area contributed by atoms with Gasteiger partial charge in [-0.05, 0) is 31.5 Å². The number of methoxy groups -OCH3 is 2. The summed E-state index contributed by atoms with van der Waals surface area (Å²) >= 11 is 1.52. The normalized spacial score (nSPS) is 11.8. The fourth-order valence-electron chi connectivity index (χ4n) is 1.88. The van der Waals surface area contributed by atoms with E-state index in [2.05, 4.69) is 12.2 Å². The Hall–Kier alpha value is -1.36. The molecule has 4 nitrogen and oxygen atoms in total. The Morgan fingerprint density at radius 3 is 2.57 bits per heavy atom. The molecule has 0 aliphatic carbocycles. The number of hydrogen-bond donors (Lipinski definition) is 1. The van der Waals surface area contributed by atoms with Crippen molar-refractivity contribution in [3.05, 3.63) is 18.2 Å². The second-order valence-electron chi connectivity index (χ2n) is 4.78. The SMILES string of the molecule is CCCCCNC(=O)C(C)Sc1ccc(OC)c(OC)c1. The van der Waals surface area contributed by atoms with Gasteiger partial charge in [-0.25, -0.2) is 0 Å². The summed E-state index contributed by atoms with van der Waals surface area (Å²) in [4.78, 5) is 13.0. The number of thioether (sulfide) groups is 1. The van der Waals surface area contributed by atoms with Crippen LogP contribution in [0.15, 0.2) is 23.1 Å². The number of benzene rings is 1. The monoisotopic (exact) mass is 311 g/mol. The van der Waals surface area contributed by atoms with Gasteiger partial charge < -0.3 is 14.8 Å². The Morgan fingerprint density at radius 1 is 1.24 bits per heavy atom. The quantitative estimate of drug-likeness (QED) is 0.560. The summed E-state index contributed by atoms with van der Waals surface area (Å²) in [5.74, 6) is 1.45. The predicted octanol–water partition coefficient (Wildman–Crippen LogP) is 3.49. The summed E-state index contributed by atoms with van der Waals surface area (Å²) < 4.78 is 10.5. The van der Waals surface area contributed by atoms with Gasteiger partial charge in [0.1, 0.15) is 0 Å². The zero-order valence-electron chi connectivity index (χ0n) is 13.3. The van der Waals surface area contributed by atoms with Crippen molar-refractivity contribution in [3.63, 3.8) is 0 Å². The molecular formula is C16H25NO3S. The van der Waals surface area contributed by atoms with Crippen LogP contribution in [-0.2, 0) is 4.79 Å². The third kappa shape index (κ3) is 5.87. The van der Waals surface area contributed by atoms with Crippen LogP contribution >= 0.6 is 11.8 Å². The van der Waals surface area contributed by atoms with E-state index in [4.69, 9.17) is 9.47 Å². The summed E-state index contributed by atoms with van der Waals surface area (Å²) in [5.41, 5.74) is 0. The minimum Gasteiger partial charge on any atom is -0.493 e. The molecule has 1 aromatic carbocycles. The highest BCUT2D eigenvalue weighted by atomic mass is 32.2. The van der Waals surface area contributed by atoms with Gasteiger partial charge in [0.2, 0.25) is 5.91 Å². The fraction of sp³-hybridized carbons (Fsp3) is 0.562. The van der Waals surface area contributed by atoms with Gasteiger partial charge in [0.15, 0.2) is 11.5 Å². The van der Waals surface area contributed by atoms with E-state index in [9.17, 15) is 4.79 Å². The van der Waals surface area contributed by atoms with E-state index in [1.807, 2.05) is 25.1 Å². The van der Waals surface area contributed by atoms with Gasteiger partial charge >= 0.3 is 0 Å². The smallest absolute Gasteiger partial charge is 0.233 e. The molecule has 5 heteroatoms. The number of carbonyl (C=O) groups excluding carboxylic acids is 1. The number of carbonyl (C=O) groups is 1. The molecule has 0 radical (unpaired) electrons. The van der Waals surface area contributed by atoms with Crippen molar-refractivity contribution in [2.45, 2.75) is 43.3 Å². The third-order valence-corrected chi connectivity index (χ3v) is 4.21. The molecule has 0 fully saturated rings. The predicted molar refractivity (Wildman–Crippen MR) is 87.4 cm³/mol. The molecule has 1 rings (SSSR count). The minimum atomic E-state index is -0.135. The van der Waals surface area contributed by atoms with Crippen LogP contribution in [0.3, 0.4) is 0 Å². The number of rotatable bonds is 9. The molecule has 0 aliphatic rings. The first-order chi connectivity index (χ1) is 10.1. The van der Waals surface area contributed by atoms with Crippen LogP contribution in [0.25, 0.3) is 0 Å². The maximum absolute atomic E-state index is 12.0. The first-order valence-electron chi connectivity index (χ1n) is 7.28. The number of hydrogen-bond acceptors (Lipinski definition) is 4. The first-order valence-corrected chi connectivity index (χ1v) is 8.16. The Kier molecular flexibility index (Phi) is 8.05. The molecule has 0 aromatic heterocycles. The van der Waals surface area contributed by atoms with E-state index in [0.717, 1.165) is 30.7 Å². The van der Waals surface area contributed by atoms with Crippen LogP contribution < -0.4 is 14.8 Å². The van der Waals surface area contributed by atoms with Crippen molar-refractivity contribution < 1.29 is 14.3 Å². The van der Waals surface area contributed by atoms with Gasteiger partial charge in [-0.3, -0.25) is 4.79 Å². The zero-order chi connectivity index (χ0) is 15.7. The highest BCUT2D eigenvalue weighted by Crippen LogP contribution is 2.33. The van der Waals surface area contributed by atoms with Crippen LogP contribution in [0.4, 0.5) is 0 Å². The van der Waals surface area contributed by atoms with Crippen LogP contribution in [0.5, 0.6) is 11.5 Å². The minimum absolute atomic E-state index is 0.0749. The van der Waals surface area contributed by atoms with E-state index >= 15 is 0 Å². The lowest BCUT2D eigenvalue weighted by atomic mass is 10.2. The summed E-state index contributed by atoms with van der Waals surface area (Å²) in [7, 11) is 3.22. The van der Waals surface area contributed by atoms with Gasteiger partial charge in [0.05, 0.1) is 19.5 Å². The Balaban J connectivity index is 2.53. The van der Waals surface area contributed by atoms with Crippen molar-refractivity contribution in [1.82, 2.24) is 5.32 Å². The lowest BCUT2D eigenvalue weighted by Crippen LogP contribution is -2.31. The highest BCUT2D eigenvalue weighted by molar-refractivity contribution is 8.00. The standard InChI is InChI=1S/C16H25NO3S/c1-5-6-7-10-17-16(18)12(2)21-13-8-9-14(19-3)15(11-13)20-4/h8-9,11-12H,5-7,10H2,1-4H3,(H,17,18). The van der Waals surface area contributed by atoms with E-state index in [1.54, 1.807) is 14.2 Å². The van der Waals surface area contributed by atoms with Crippen molar-refractivity contribution in [1.29, 1.82) is 0 Å². The molecule has 1 aromatic rings. The molecule has 0 spiro atoms. The molecule has 1 N–H and O–H groups in total. The maximum Gasteiger partial charge on any atom is 0.233 e. The number of unbranched alkanes of at least 4 members (excludes halogenated alkanes) is 2. The summed E-state index contributed by atoms with van der Waals surface area (Å²) in [6, 6.07) is 5.68. The Labute approximate surface area is 131 Å². The molecule has 1 amide bonds. The second kappa shape index (κ2) is 9.55.